The third-order valence-corrected chi connectivity index (χ3v) is 5.35. The highest BCUT2D eigenvalue weighted by atomic mass is 16.2. The number of primary amides is 1. The number of aromatic nitrogens is 2. The van der Waals surface area contributed by atoms with Crippen molar-refractivity contribution >= 4 is 23.3 Å². The zero-order valence-electron chi connectivity index (χ0n) is 16.5. The molecule has 2 amide bonds. The Morgan fingerprint density at radius 2 is 1.67 bits per heavy atom. The smallest absolute Gasteiger partial charge is 0.248 e. The molecule has 152 valence electrons. The molecule has 0 bridgehead atoms. The van der Waals surface area contributed by atoms with Crippen LogP contribution in [-0.4, -0.2) is 34.9 Å². The average Bonchev–Trinajstić information content (AvgIpc) is 2.80. The zero-order valence-corrected chi connectivity index (χ0v) is 16.5. The largest absolute Gasteiger partial charge is 0.366 e. The summed E-state index contributed by atoms with van der Waals surface area (Å²) in [6, 6.07) is 18.6. The number of nitrogens with zero attached hydrogens (tertiary/aromatic N) is 3. The molecule has 1 aliphatic heterocycles. The Morgan fingerprint density at radius 3 is 2.33 bits per heavy atom. The van der Waals surface area contributed by atoms with E-state index in [1.807, 2.05) is 36.4 Å². The number of amides is 2. The van der Waals surface area contributed by atoms with Crippen molar-refractivity contribution in [2.75, 3.05) is 23.3 Å². The number of benzene rings is 2. The number of anilines is 2. The second kappa shape index (κ2) is 8.73. The standard InChI is InChI=1S/C23H23N5O2/c24-22(29)17-6-8-19(9-7-17)27-23(30)18-10-12-28(13-11-18)21-14-20(25-15-26-21)16-4-2-1-3-5-16/h1-9,14-15,18H,10-13H2,(H2,24,29)(H,27,30). The summed E-state index contributed by atoms with van der Waals surface area (Å²) in [5.41, 5.74) is 8.27. The lowest BCUT2D eigenvalue weighted by Gasteiger charge is -2.32. The summed E-state index contributed by atoms with van der Waals surface area (Å²) < 4.78 is 0. The monoisotopic (exact) mass is 401 g/mol. The van der Waals surface area contributed by atoms with E-state index in [0.29, 0.717) is 11.3 Å². The highest BCUT2D eigenvalue weighted by Gasteiger charge is 2.26. The van der Waals surface area contributed by atoms with Crippen LogP contribution in [0.3, 0.4) is 0 Å². The van der Waals surface area contributed by atoms with E-state index in [2.05, 4.69) is 20.2 Å². The van der Waals surface area contributed by atoms with Crippen molar-refractivity contribution in [2.24, 2.45) is 11.7 Å². The van der Waals surface area contributed by atoms with Crippen molar-refractivity contribution < 1.29 is 9.59 Å². The van der Waals surface area contributed by atoms with Crippen LogP contribution in [0, 0.1) is 5.92 Å². The van der Waals surface area contributed by atoms with Crippen LogP contribution in [0.1, 0.15) is 23.2 Å². The van der Waals surface area contributed by atoms with Crippen LogP contribution in [0.15, 0.2) is 67.0 Å². The molecule has 7 nitrogen and oxygen atoms in total. The van der Waals surface area contributed by atoms with E-state index in [0.717, 1.165) is 43.0 Å². The lowest BCUT2D eigenvalue weighted by atomic mass is 9.95. The van der Waals surface area contributed by atoms with Crippen LogP contribution in [0.2, 0.25) is 0 Å². The van der Waals surface area contributed by atoms with Gasteiger partial charge in [-0.15, -0.1) is 0 Å². The van der Waals surface area contributed by atoms with Crippen molar-refractivity contribution in [1.29, 1.82) is 0 Å². The maximum atomic E-state index is 12.6. The van der Waals surface area contributed by atoms with Crippen LogP contribution in [0.25, 0.3) is 11.3 Å². The van der Waals surface area contributed by atoms with Gasteiger partial charge in [-0.1, -0.05) is 30.3 Å². The Hall–Kier alpha value is -3.74. The molecule has 4 rings (SSSR count). The van der Waals surface area contributed by atoms with E-state index in [-0.39, 0.29) is 11.8 Å². The van der Waals surface area contributed by atoms with Gasteiger partial charge in [-0.05, 0) is 37.1 Å². The zero-order chi connectivity index (χ0) is 20.9. The summed E-state index contributed by atoms with van der Waals surface area (Å²) in [5.74, 6) is 0.326. The quantitative estimate of drug-likeness (QED) is 0.684. The van der Waals surface area contributed by atoms with E-state index in [1.54, 1.807) is 30.6 Å². The molecule has 1 aliphatic rings. The lowest BCUT2D eigenvalue weighted by molar-refractivity contribution is -0.120. The van der Waals surface area contributed by atoms with Gasteiger partial charge in [-0.25, -0.2) is 9.97 Å². The number of carbonyl (C=O) groups excluding carboxylic acids is 2. The van der Waals surface area contributed by atoms with E-state index in [1.165, 1.54) is 0 Å². The highest BCUT2D eigenvalue weighted by molar-refractivity contribution is 5.95. The molecule has 0 saturated carbocycles. The summed E-state index contributed by atoms with van der Waals surface area (Å²) in [5, 5.41) is 2.93. The molecule has 1 fully saturated rings. The SMILES string of the molecule is NC(=O)c1ccc(NC(=O)C2CCN(c3cc(-c4ccccc4)ncn3)CC2)cc1. The Labute approximate surface area is 175 Å². The summed E-state index contributed by atoms with van der Waals surface area (Å²) in [7, 11) is 0. The molecule has 0 aliphatic carbocycles. The third-order valence-electron chi connectivity index (χ3n) is 5.35. The Kier molecular flexibility index (Phi) is 5.70. The Morgan fingerprint density at radius 1 is 0.967 bits per heavy atom. The molecule has 7 heteroatoms. The van der Waals surface area contributed by atoms with Gasteiger partial charge in [0.2, 0.25) is 11.8 Å². The molecule has 2 heterocycles. The first-order chi connectivity index (χ1) is 14.6. The van der Waals surface area contributed by atoms with Crippen LogP contribution in [-0.2, 0) is 4.79 Å². The van der Waals surface area contributed by atoms with Crippen LogP contribution in [0.5, 0.6) is 0 Å². The molecule has 0 spiro atoms. The van der Waals surface area contributed by atoms with Gasteiger partial charge in [-0.3, -0.25) is 9.59 Å². The maximum Gasteiger partial charge on any atom is 0.248 e. The van der Waals surface area contributed by atoms with Gasteiger partial charge < -0.3 is 16.0 Å². The minimum Gasteiger partial charge on any atom is -0.366 e. The highest BCUT2D eigenvalue weighted by Crippen LogP contribution is 2.25. The van der Waals surface area contributed by atoms with Gasteiger partial charge in [0.05, 0.1) is 5.69 Å². The first-order valence-electron chi connectivity index (χ1n) is 9.93. The van der Waals surface area contributed by atoms with Crippen molar-refractivity contribution in [3.05, 3.63) is 72.6 Å². The first kappa shape index (κ1) is 19.6. The summed E-state index contributed by atoms with van der Waals surface area (Å²) in [4.78, 5) is 34.8. The molecule has 30 heavy (non-hydrogen) atoms. The summed E-state index contributed by atoms with van der Waals surface area (Å²) >= 11 is 0. The second-order valence-electron chi connectivity index (χ2n) is 7.32. The van der Waals surface area contributed by atoms with Crippen molar-refractivity contribution in [1.82, 2.24) is 9.97 Å². The third kappa shape index (κ3) is 4.46. The second-order valence-corrected chi connectivity index (χ2v) is 7.32. The first-order valence-corrected chi connectivity index (χ1v) is 9.93. The van der Waals surface area contributed by atoms with E-state index >= 15 is 0 Å². The van der Waals surface area contributed by atoms with Crippen LogP contribution >= 0.6 is 0 Å². The van der Waals surface area contributed by atoms with Gasteiger partial charge in [0, 0.05) is 41.9 Å². The number of hydrogen-bond acceptors (Lipinski definition) is 5. The topological polar surface area (TPSA) is 101 Å². The Balaban J connectivity index is 1.36. The van der Waals surface area contributed by atoms with Gasteiger partial charge in [0.1, 0.15) is 12.1 Å². The average molecular weight is 401 g/mol. The van der Waals surface area contributed by atoms with Crippen molar-refractivity contribution in [3.8, 4) is 11.3 Å². The van der Waals surface area contributed by atoms with Crippen molar-refractivity contribution in [2.45, 2.75) is 12.8 Å². The van der Waals surface area contributed by atoms with Crippen molar-refractivity contribution in [3.63, 3.8) is 0 Å². The number of piperidine rings is 1. The van der Waals surface area contributed by atoms with Gasteiger partial charge in [-0.2, -0.15) is 0 Å². The number of carbonyl (C=O) groups is 2. The van der Waals surface area contributed by atoms with Gasteiger partial charge >= 0.3 is 0 Å². The minimum atomic E-state index is -0.486. The molecule has 3 N–H and O–H groups in total. The van der Waals surface area contributed by atoms with Crippen LogP contribution < -0.4 is 16.0 Å². The number of rotatable bonds is 5. The molecule has 1 aromatic heterocycles. The fourth-order valence-electron chi connectivity index (χ4n) is 3.62. The molecule has 1 saturated heterocycles. The minimum absolute atomic E-state index is 0.00543. The number of hydrogen-bond donors (Lipinski definition) is 2. The summed E-state index contributed by atoms with van der Waals surface area (Å²) in [6.07, 6.45) is 3.08. The fraction of sp³-hybridized carbons (Fsp3) is 0.217. The molecule has 0 radical (unpaired) electrons. The van der Waals surface area contributed by atoms with Crippen LogP contribution in [0.4, 0.5) is 11.5 Å². The number of nitrogens with two attached hydrogens (primary N) is 1. The van der Waals surface area contributed by atoms with E-state index in [4.69, 9.17) is 5.73 Å². The number of nitrogens with one attached hydrogen (secondary N) is 1. The summed E-state index contributed by atoms with van der Waals surface area (Å²) in [6.45, 7) is 1.51. The predicted molar refractivity (Wildman–Crippen MR) is 116 cm³/mol. The normalized spacial score (nSPS) is 14.3. The molecular formula is C23H23N5O2. The molecule has 2 aromatic carbocycles. The molecule has 0 unspecified atom stereocenters. The molecular weight excluding hydrogens is 378 g/mol. The van der Waals surface area contributed by atoms with Gasteiger partial charge in [0.15, 0.2) is 0 Å². The Bertz CT molecular complexity index is 1030. The maximum absolute atomic E-state index is 12.6. The van der Waals surface area contributed by atoms with Gasteiger partial charge in [0.25, 0.3) is 0 Å². The molecule has 0 atom stereocenters. The van der Waals surface area contributed by atoms with E-state index < -0.39 is 5.91 Å². The fourth-order valence-corrected chi connectivity index (χ4v) is 3.62. The lowest BCUT2D eigenvalue weighted by Crippen LogP contribution is -2.38. The predicted octanol–water partition coefficient (Wildman–Crippen LogP) is 3.10. The van der Waals surface area contributed by atoms with E-state index in [9.17, 15) is 9.59 Å². The molecule has 3 aromatic rings.